The zero-order chi connectivity index (χ0) is 24.6. The molecular formula is C30H35N3O2. The van der Waals surface area contributed by atoms with E-state index >= 15 is 0 Å². The van der Waals surface area contributed by atoms with Crippen LogP contribution in [-0.4, -0.2) is 42.9 Å². The molecule has 0 unspecified atom stereocenters. The maximum absolute atomic E-state index is 12.7. The summed E-state index contributed by atoms with van der Waals surface area (Å²) in [5.41, 5.74) is 6.07. The number of aryl methyl sites for hydroxylation is 2. The van der Waals surface area contributed by atoms with Gasteiger partial charge in [-0.15, -0.1) is 0 Å². The first kappa shape index (κ1) is 24.5. The second kappa shape index (κ2) is 11.7. The minimum Gasteiger partial charge on any atom is -0.368 e. The van der Waals surface area contributed by atoms with Crippen LogP contribution in [0.2, 0.25) is 0 Å². The van der Waals surface area contributed by atoms with Crippen LogP contribution >= 0.6 is 0 Å². The largest absolute Gasteiger partial charge is 0.368 e. The lowest BCUT2D eigenvalue weighted by Gasteiger charge is -2.36. The summed E-state index contributed by atoms with van der Waals surface area (Å²) in [7, 11) is 0. The van der Waals surface area contributed by atoms with Crippen LogP contribution in [0.15, 0.2) is 72.8 Å². The molecule has 1 aliphatic heterocycles. The lowest BCUT2D eigenvalue weighted by Crippen LogP contribution is -2.49. The summed E-state index contributed by atoms with van der Waals surface area (Å²) in [5.74, 6) is 0.0900. The van der Waals surface area contributed by atoms with Crippen LogP contribution in [0.4, 0.5) is 11.4 Å². The van der Waals surface area contributed by atoms with Crippen molar-refractivity contribution >= 4 is 23.2 Å². The Morgan fingerprint density at radius 1 is 0.857 bits per heavy atom. The molecule has 5 nitrogen and oxygen atoms in total. The number of unbranched alkanes of at least 4 members (excludes halogenated alkanes) is 1. The van der Waals surface area contributed by atoms with Crippen LogP contribution in [0.3, 0.4) is 0 Å². The minimum absolute atomic E-state index is 0.0967. The lowest BCUT2D eigenvalue weighted by molar-refractivity contribution is -0.130. The number of amides is 2. The molecule has 35 heavy (non-hydrogen) atoms. The Bertz CT molecular complexity index is 1130. The molecule has 0 aromatic heterocycles. The van der Waals surface area contributed by atoms with Crippen LogP contribution in [-0.2, 0) is 17.6 Å². The highest BCUT2D eigenvalue weighted by Crippen LogP contribution is 2.21. The summed E-state index contributed by atoms with van der Waals surface area (Å²) in [5, 5.41) is 2.99. The smallest absolute Gasteiger partial charge is 0.255 e. The Morgan fingerprint density at radius 3 is 2.23 bits per heavy atom. The lowest BCUT2D eigenvalue weighted by atomic mass is 10.1. The van der Waals surface area contributed by atoms with Crippen LogP contribution in [0.1, 0.15) is 46.8 Å². The van der Waals surface area contributed by atoms with Gasteiger partial charge in [-0.3, -0.25) is 9.59 Å². The van der Waals surface area contributed by atoms with E-state index in [1.165, 1.54) is 17.5 Å². The molecule has 3 aromatic rings. The number of carbonyl (C=O) groups excluding carboxylic acids is 2. The average molecular weight is 470 g/mol. The Balaban J connectivity index is 1.27. The maximum Gasteiger partial charge on any atom is 0.255 e. The molecule has 0 bridgehead atoms. The van der Waals surface area contributed by atoms with Crippen LogP contribution in [0, 0.1) is 6.92 Å². The second-order valence-electron chi connectivity index (χ2n) is 9.34. The molecule has 0 saturated carbocycles. The van der Waals surface area contributed by atoms with Gasteiger partial charge in [0.1, 0.15) is 0 Å². The molecule has 0 atom stereocenters. The molecule has 182 valence electrons. The van der Waals surface area contributed by atoms with E-state index in [0.29, 0.717) is 12.0 Å². The normalized spacial score (nSPS) is 13.5. The molecule has 1 saturated heterocycles. The van der Waals surface area contributed by atoms with E-state index in [-0.39, 0.29) is 11.8 Å². The summed E-state index contributed by atoms with van der Waals surface area (Å²) in [4.78, 5) is 29.6. The average Bonchev–Trinajstić information content (AvgIpc) is 2.88. The molecule has 3 aromatic carbocycles. The Labute approximate surface area is 208 Å². The zero-order valence-corrected chi connectivity index (χ0v) is 20.8. The third kappa shape index (κ3) is 6.72. The van der Waals surface area contributed by atoms with Crippen molar-refractivity contribution in [2.24, 2.45) is 0 Å². The van der Waals surface area contributed by atoms with Crippen molar-refractivity contribution in [2.75, 3.05) is 36.4 Å². The SMILES string of the molecule is CCCCc1ccc(C(=O)Nc2ccc(N3CCN(C(=O)Cc4cccc(C)c4)CC3)cc2)cc1. The number of rotatable bonds is 8. The number of benzene rings is 3. The van der Waals surface area contributed by atoms with Gasteiger partial charge in [0, 0.05) is 43.1 Å². The van der Waals surface area contributed by atoms with E-state index < -0.39 is 0 Å². The van der Waals surface area contributed by atoms with E-state index in [1.807, 2.05) is 65.6 Å². The van der Waals surface area contributed by atoms with E-state index in [1.54, 1.807) is 0 Å². The number of anilines is 2. The fourth-order valence-electron chi connectivity index (χ4n) is 4.49. The fraction of sp³-hybridized carbons (Fsp3) is 0.333. The van der Waals surface area contributed by atoms with Crippen molar-refractivity contribution in [3.8, 4) is 0 Å². The van der Waals surface area contributed by atoms with E-state index in [4.69, 9.17) is 0 Å². The Morgan fingerprint density at radius 2 is 1.57 bits per heavy atom. The Kier molecular flexibility index (Phi) is 8.19. The number of hydrogen-bond acceptors (Lipinski definition) is 3. The number of hydrogen-bond donors (Lipinski definition) is 1. The molecule has 2 amide bonds. The van der Waals surface area contributed by atoms with Crippen molar-refractivity contribution in [1.82, 2.24) is 4.90 Å². The highest BCUT2D eigenvalue weighted by Gasteiger charge is 2.21. The van der Waals surface area contributed by atoms with Gasteiger partial charge in [0.15, 0.2) is 0 Å². The monoisotopic (exact) mass is 469 g/mol. The quantitative estimate of drug-likeness (QED) is 0.475. The van der Waals surface area contributed by atoms with Gasteiger partial charge < -0.3 is 15.1 Å². The molecule has 1 aliphatic rings. The van der Waals surface area contributed by atoms with Crippen LogP contribution < -0.4 is 10.2 Å². The number of piperazine rings is 1. The van der Waals surface area contributed by atoms with Crippen molar-refractivity contribution in [3.05, 3.63) is 95.1 Å². The highest BCUT2D eigenvalue weighted by atomic mass is 16.2. The molecule has 5 heteroatoms. The van der Waals surface area contributed by atoms with Crippen molar-refractivity contribution < 1.29 is 9.59 Å². The third-order valence-electron chi connectivity index (χ3n) is 6.60. The predicted octanol–water partition coefficient (Wildman–Crippen LogP) is 5.48. The summed E-state index contributed by atoms with van der Waals surface area (Å²) in [6.07, 6.45) is 3.84. The van der Waals surface area contributed by atoms with Crippen LogP contribution in [0.25, 0.3) is 0 Å². The summed E-state index contributed by atoms with van der Waals surface area (Å²) < 4.78 is 0. The van der Waals surface area contributed by atoms with Crippen molar-refractivity contribution in [2.45, 2.75) is 39.5 Å². The van der Waals surface area contributed by atoms with Gasteiger partial charge in [0.25, 0.3) is 5.91 Å². The third-order valence-corrected chi connectivity index (χ3v) is 6.60. The summed E-state index contributed by atoms with van der Waals surface area (Å²) >= 11 is 0. The molecule has 1 fully saturated rings. The van der Waals surface area contributed by atoms with Gasteiger partial charge >= 0.3 is 0 Å². The van der Waals surface area contributed by atoms with Gasteiger partial charge in [0.2, 0.25) is 5.91 Å². The molecule has 1 heterocycles. The second-order valence-corrected chi connectivity index (χ2v) is 9.34. The zero-order valence-electron chi connectivity index (χ0n) is 20.8. The van der Waals surface area contributed by atoms with Gasteiger partial charge in [-0.25, -0.2) is 0 Å². The minimum atomic E-state index is -0.0967. The highest BCUT2D eigenvalue weighted by molar-refractivity contribution is 6.04. The van der Waals surface area contributed by atoms with E-state index in [2.05, 4.69) is 36.2 Å². The van der Waals surface area contributed by atoms with Gasteiger partial charge in [-0.05, 0) is 67.3 Å². The molecule has 0 radical (unpaired) electrons. The van der Waals surface area contributed by atoms with Gasteiger partial charge in [0.05, 0.1) is 6.42 Å². The summed E-state index contributed by atoms with van der Waals surface area (Å²) in [6, 6.07) is 24.0. The van der Waals surface area contributed by atoms with Crippen LogP contribution in [0.5, 0.6) is 0 Å². The first-order valence-corrected chi connectivity index (χ1v) is 12.6. The maximum atomic E-state index is 12.7. The topological polar surface area (TPSA) is 52.7 Å². The molecule has 4 rings (SSSR count). The molecule has 1 N–H and O–H groups in total. The summed E-state index contributed by atoms with van der Waals surface area (Å²) in [6.45, 7) is 7.27. The first-order chi connectivity index (χ1) is 17.0. The van der Waals surface area contributed by atoms with Crippen molar-refractivity contribution in [1.29, 1.82) is 0 Å². The predicted molar refractivity (Wildman–Crippen MR) is 143 cm³/mol. The van der Waals surface area contributed by atoms with E-state index in [9.17, 15) is 9.59 Å². The first-order valence-electron chi connectivity index (χ1n) is 12.6. The standard InChI is InChI=1S/C30H35N3O2/c1-3-4-7-24-9-11-26(12-10-24)30(35)31-27-13-15-28(16-14-27)32-17-19-33(20-18-32)29(34)22-25-8-5-6-23(2)21-25/h5-6,8-16,21H,3-4,7,17-20,22H2,1-2H3,(H,31,35). The number of nitrogens with one attached hydrogen (secondary N) is 1. The van der Waals surface area contributed by atoms with E-state index in [0.717, 1.165) is 56.0 Å². The molecule has 0 spiro atoms. The molecular weight excluding hydrogens is 434 g/mol. The Hall–Kier alpha value is -3.60. The number of carbonyl (C=O) groups is 2. The molecule has 0 aliphatic carbocycles. The fourth-order valence-corrected chi connectivity index (χ4v) is 4.49. The van der Waals surface area contributed by atoms with Gasteiger partial charge in [-0.1, -0.05) is 55.3 Å². The van der Waals surface area contributed by atoms with Gasteiger partial charge in [-0.2, -0.15) is 0 Å². The number of nitrogens with zero attached hydrogens (tertiary/aromatic N) is 2. The van der Waals surface area contributed by atoms with Crippen molar-refractivity contribution in [3.63, 3.8) is 0 Å².